The third-order valence-electron chi connectivity index (χ3n) is 7.82. The number of hydrogen-bond acceptors (Lipinski definition) is 8. The molecule has 1 heterocycles. The molecule has 10 heteroatoms. The number of carbonyl (C=O) groups is 1. The Balaban J connectivity index is 1.49. The van der Waals surface area contributed by atoms with Crippen molar-refractivity contribution in [3.05, 3.63) is 0 Å². The van der Waals surface area contributed by atoms with Gasteiger partial charge in [-0.25, -0.2) is 4.79 Å². The van der Waals surface area contributed by atoms with Crippen LogP contribution in [0.4, 0.5) is 8.78 Å². The minimum Gasteiger partial charge on any atom is -0.455 e. The second-order valence-corrected chi connectivity index (χ2v) is 10.6. The fourth-order valence-electron chi connectivity index (χ4n) is 6.61. The van der Waals surface area contributed by atoms with E-state index in [0.29, 0.717) is 45.3 Å². The summed E-state index contributed by atoms with van der Waals surface area (Å²) < 4.78 is 68.9. The second-order valence-electron chi connectivity index (χ2n) is 10.6. The van der Waals surface area contributed by atoms with Crippen molar-refractivity contribution < 1.29 is 46.7 Å². The molecule has 1 spiro atoms. The van der Waals surface area contributed by atoms with E-state index in [1.54, 1.807) is 0 Å². The molecule has 4 aliphatic carbocycles. The van der Waals surface area contributed by atoms with Gasteiger partial charge in [-0.3, -0.25) is 0 Å². The molecule has 8 nitrogen and oxygen atoms in total. The Hall–Kier alpha value is -0.910. The van der Waals surface area contributed by atoms with E-state index in [9.17, 15) is 13.6 Å². The maximum Gasteiger partial charge on any atom is 0.377 e. The molecular formula is C25H40F2O8. The number of halogens is 2. The summed E-state index contributed by atoms with van der Waals surface area (Å²) in [7, 11) is 0. The molecule has 0 amide bonds. The minimum atomic E-state index is -3.51. The van der Waals surface area contributed by atoms with E-state index in [-0.39, 0.29) is 49.8 Å². The van der Waals surface area contributed by atoms with Crippen LogP contribution in [0.25, 0.3) is 0 Å². The standard InChI is InChI=1S/C25H40F2O8/c1-6-29-15(3)31-13-20-21(14-32-16(4)30-7-2)34-25(33-20)18-8-17-9-19(25)12-24(10-17,11-18)35-22(28)23(5,26)27/h15-21H,6-14H2,1-5H3. The van der Waals surface area contributed by atoms with Crippen LogP contribution in [0.1, 0.15) is 66.7 Å². The summed E-state index contributed by atoms with van der Waals surface area (Å²) >= 11 is 0. The van der Waals surface area contributed by atoms with Crippen LogP contribution in [0.3, 0.4) is 0 Å². The first-order chi connectivity index (χ1) is 16.5. The van der Waals surface area contributed by atoms with Gasteiger partial charge in [-0.15, -0.1) is 0 Å². The van der Waals surface area contributed by atoms with Crippen LogP contribution in [-0.4, -0.2) is 74.5 Å². The summed E-state index contributed by atoms with van der Waals surface area (Å²) in [4.78, 5) is 12.1. The molecule has 0 radical (unpaired) electrons. The Morgan fingerprint density at radius 1 is 0.914 bits per heavy atom. The molecule has 5 aliphatic rings. The van der Waals surface area contributed by atoms with Crippen LogP contribution < -0.4 is 0 Å². The zero-order chi connectivity index (χ0) is 25.4. The molecule has 4 saturated carbocycles. The lowest BCUT2D eigenvalue weighted by atomic mass is 9.51. The van der Waals surface area contributed by atoms with Crippen molar-refractivity contribution in [3.63, 3.8) is 0 Å². The molecule has 6 atom stereocenters. The van der Waals surface area contributed by atoms with Crippen molar-refractivity contribution in [2.75, 3.05) is 26.4 Å². The predicted molar refractivity (Wildman–Crippen MR) is 120 cm³/mol. The number of alkyl halides is 2. The van der Waals surface area contributed by atoms with E-state index in [4.69, 9.17) is 33.2 Å². The molecule has 4 bridgehead atoms. The topological polar surface area (TPSA) is 81.7 Å². The number of esters is 1. The van der Waals surface area contributed by atoms with Gasteiger partial charge in [-0.2, -0.15) is 8.78 Å². The van der Waals surface area contributed by atoms with Gasteiger partial charge in [-0.1, -0.05) is 0 Å². The third-order valence-corrected chi connectivity index (χ3v) is 7.82. The van der Waals surface area contributed by atoms with Crippen LogP contribution in [0.15, 0.2) is 0 Å². The Bertz CT molecular complexity index is 701. The average molecular weight is 507 g/mol. The first-order valence-electron chi connectivity index (χ1n) is 12.9. The van der Waals surface area contributed by atoms with E-state index in [2.05, 4.69) is 0 Å². The zero-order valence-electron chi connectivity index (χ0n) is 21.4. The number of ether oxygens (including phenoxy) is 7. The summed E-state index contributed by atoms with van der Waals surface area (Å²) in [6.07, 6.45) is 1.68. The molecule has 5 fully saturated rings. The summed E-state index contributed by atoms with van der Waals surface area (Å²) in [5, 5.41) is 0. The highest BCUT2D eigenvalue weighted by Crippen LogP contribution is 2.64. The summed E-state index contributed by atoms with van der Waals surface area (Å²) in [5.74, 6) is -5.66. The lowest BCUT2D eigenvalue weighted by Gasteiger charge is -2.62. The van der Waals surface area contributed by atoms with Gasteiger partial charge in [0.2, 0.25) is 0 Å². The Kier molecular flexibility index (Phi) is 8.11. The molecule has 1 aliphatic heterocycles. The third kappa shape index (κ3) is 5.67. The van der Waals surface area contributed by atoms with Crippen LogP contribution >= 0.6 is 0 Å². The molecular weight excluding hydrogens is 466 g/mol. The van der Waals surface area contributed by atoms with Crippen molar-refractivity contribution in [1.29, 1.82) is 0 Å². The van der Waals surface area contributed by atoms with E-state index < -0.39 is 23.3 Å². The largest absolute Gasteiger partial charge is 0.455 e. The lowest BCUT2D eigenvalue weighted by Crippen LogP contribution is -2.65. The lowest BCUT2D eigenvalue weighted by molar-refractivity contribution is -0.328. The van der Waals surface area contributed by atoms with Gasteiger partial charge in [0.15, 0.2) is 18.4 Å². The number of carbonyl (C=O) groups excluding carboxylic acids is 1. The van der Waals surface area contributed by atoms with Gasteiger partial charge in [-0.05, 0) is 65.7 Å². The first-order valence-corrected chi connectivity index (χ1v) is 12.9. The highest BCUT2D eigenvalue weighted by atomic mass is 19.3. The van der Waals surface area contributed by atoms with Crippen molar-refractivity contribution >= 4 is 5.97 Å². The summed E-state index contributed by atoms with van der Waals surface area (Å²) in [5.41, 5.74) is -0.876. The Morgan fingerprint density at radius 2 is 1.40 bits per heavy atom. The molecule has 35 heavy (non-hydrogen) atoms. The monoisotopic (exact) mass is 506 g/mol. The molecule has 1 saturated heterocycles. The zero-order valence-corrected chi connectivity index (χ0v) is 21.4. The van der Waals surface area contributed by atoms with E-state index in [0.717, 1.165) is 12.8 Å². The van der Waals surface area contributed by atoms with Gasteiger partial charge in [0.05, 0.1) is 13.2 Å². The van der Waals surface area contributed by atoms with Gasteiger partial charge < -0.3 is 33.2 Å². The smallest absolute Gasteiger partial charge is 0.377 e. The molecule has 0 aromatic heterocycles. The van der Waals surface area contributed by atoms with E-state index >= 15 is 0 Å². The maximum atomic E-state index is 13.6. The van der Waals surface area contributed by atoms with Crippen molar-refractivity contribution in [2.24, 2.45) is 17.8 Å². The fraction of sp³-hybridized carbons (Fsp3) is 0.960. The molecule has 5 rings (SSSR count). The Labute approximate surface area is 206 Å². The predicted octanol–water partition coefficient (Wildman–Crippen LogP) is 4.04. The van der Waals surface area contributed by atoms with Gasteiger partial charge in [0.25, 0.3) is 0 Å². The highest BCUT2D eigenvalue weighted by Gasteiger charge is 2.69. The minimum absolute atomic E-state index is 0.0619. The molecule has 6 unspecified atom stereocenters. The van der Waals surface area contributed by atoms with Crippen LogP contribution in [0.5, 0.6) is 0 Å². The quantitative estimate of drug-likeness (QED) is 0.290. The maximum absolute atomic E-state index is 13.6. The highest BCUT2D eigenvalue weighted by molar-refractivity contribution is 5.77. The molecule has 0 aromatic carbocycles. The van der Waals surface area contributed by atoms with Crippen molar-refractivity contribution in [1.82, 2.24) is 0 Å². The van der Waals surface area contributed by atoms with Crippen molar-refractivity contribution in [2.45, 2.75) is 109 Å². The van der Waals surface area contributed by atoms with Crippen molar-refractivity contribution in [3.8, 4) is 0 Å². The number of hydrogen-bond donors (Lipinski definition) is 0. The van der Waals surface area contributed by atoms with E-state index in [1.165, 1.54) is 0 Å². The van der Waals surface area contributed by atoms with Crippen LogP contribution in [-0.2, 0) is 38.0 Å². The first kappa shape index (κ1) is 27.1. The van der Waals surface area contributed by atoms with Gasteiger partial charge >= 0.3 is 11.9 Å². The molecule has 202 valence electrons. The average Bonchev–Trinajstić information content (AvgIpc) is 3.13. The van der Waals surface area contributed by atoms with Gasteiger partial charge in [0, 0.05) is 32.0 Å². The fourth-order valence-corrected chi connectivity index (χ4v) is 6.61. The summed E-state index contributed by atoms with van der Waals surface area (Å²) in [6.45, 7) is 9.68. The summed E-state index contributed by atoms with van der Waals surface area (Å²) in [6, 6.07) is 0. The SMILES string of the molecule is CCOC(C)OCC1OC2(OC1COC(C)OCC)C1CC3CC2CC(OC(=O)C(C)(F)F)(C3)C1. The van der Waals surface area contributed by atoms with Crippen LogP contribution in [0.2, 0.25) is 0 Å². The van der Waals surface area contributed by atoms with Crippen LogP contribution in [0, 0.1) is 17.8 Å². The normalized spacial score (nSPS) is 39.8. The van der Waals surface area contributed by atoms with Gasteiger partial charge in [0.1, 0.15) is 17.8 Å². The second kappa shape index (κ2) is 10.5. The molecule has 0 N–H and O–H groups in total. The van der Waals surface area contributed by atoms with E-state index in [1.807, 2.05) is 27.7 Å². The molecule has 0 aromatic rings. The Morgan fingerprint density at radius 3 is 1.83 bits per heavy atom. The number of rotatable bonds is 12.